The number of carbonyl (C=O) groups is 2. The summed E-state index contributed by atoms with van der Waals surface area (Å²) in [6, 6.07) is 4.47. The molecule has 26 heavy (non-hydrogen) atoms. The Kier molecular flexibility index (Phi) is 5.50. The van der Waals surface area contributed by atoms with Gasteiger partial charge in [0.1, 0.15) is 0 Å². The molecule has 0 saturated carbocycles. The van der Waals surface area contributed by atoms with Crippen molar-refractivity contribution in [2.75, 3.05) is 39.3 Å². The van der Waals surface area contributed by atoms with Gasteiger partial charge in [-0.1, -0.05) is 6.07 Å². The second kappa shape index (κ2) is 7.65. The smallest absolute Gasteiger partial charge is 0.339 e. The highest BCUT2D eigenvalue weighted by Crippen LogP contribution is 2.29. The lowest BCUT2D eigenvalue weighted by Crippen LogP contribution is -2.52. The van der Waals surface area contributed by atoms with Crippen LogP contribution in [-0.2, 0) is 11.0 Å². The third-order valence-electron chi connectivity index (χ3n) is 5.00. The molecule has 0 atom stereocenters. The predicted molar refractivity (Wildman–Crippen MR) is 89.5 cm³/mol. The van der Waals surface area contributed by atoms with Crippen LogP contribution in [0.1, 0.15) is 28.8 Å². The van der Waals surface area contributed by atoms with Crippen LogP contribution in [0.25, 0.3) is 0 Å². The third-order valence-corrected chi connectivity index (χ3v) is 5.00. The number of piperazine rings is 1. The molecular formula is C18H22F3N3O2. The molecule has 2 heterocycles. The number of amides is 2. The molecule has 1 N–H and O–H groups in total. The van der Waals surface area contributed by atoms with Crippen LogP contribution >= 0.6 is 0 Å². The average Bonchev–Trinajstić information content (AvgIpc) is 2.67. The van der Waals surface area contributed by atoms with Crippen LogP contribution in [0.15, 0.2) is 24.3 Å². The summed E-state index contributed by atoms with van der Waals surface area (Å²) in [4.78, 5) is 28.3. The minimum absolute atomic E-state index is 0.0259. The Morgan fingerprint density at radius 2 is 1.62 bits per heavy atom. The highest BCUT2D eigenvalue weighted by Gasteiger charge is 2.33. The van der Waals surface area contributed by atoms with E-state index in [4.69, 9.17) is 0 Å². The number of alkyl halides is 3. The zero-order chi connectivity index (χ0) is 18.7. The van der Waals surface area contributed by atoms with Gasteiger partial charge in [-0.05, 0) is 44.1 Å². The Balaban J connectivity index is 1.59. The average molecular weight is 369 g/mol. The molecular weight excluding hydrogens is 347 g/mol. The van der Waals surface area contributed by atoms with Crippen molar-refractivity contribution >= 4 is 11.8 Å². The Morgan fingerprint density at radius 1 is 1.00 bits per heavy atom. The summed E-state index contributed by atoms with van der Waals surface area (Å²) in [5, 5.41) is 3.22. The van der Waals surface area contributed by atoms with Crippen molar-refractivity contribution in [2.24, 2.45) is 5.92 Å². The Labute approximate surface area is 150 Å². The third kappa shape index (κ3) is 4.17. The fraction of sp³-hybridized carbons (Fsp3) is 0.556. The van der Waals surface area contributed by atoms with Crippen molar-refractivity contribution in [3.05, 3.63) is 35.4 Å². The van der Waals surface area contributed by atoms with Gasteiger partial charge in [-0.2, -0.15) is 13.2 Å². The van der Waals surface area contributed by atoms with Gasteiger partial charge < -0.3 is 15.1 Å². The molecule has 2 amide bonds. The quantitative estimate of drug-likeness (QED) is 0.868. The summed E-state index contributed by atoms with van der Waals surface area (Å²) in [6.07, 6.45) is -2.83. The summed E-state index contributed by atoms with van der Waals surface area (Å²) in [5.41, 5.74) is -0.805. The maximum absolute atomic E-state index is 12.8. The largest absolute Gasteiger partial charge is 0.416 e. The number of piperidine rings is 1. The van der Waals surface area contributed by atoms with Crippen LogP contribution in [0.5, 0.6) is 0 Å². The van der Waals surface area contributed by atoms with E-state index in [9.17, 15) is 22.8 Å². The van der Waals surface area contributed by atoms with E-state index in [0.717, 1.165) is 38.1 Å². The fourth-order valence-corrected chi connectivity index (χ4v) is 3.47. The van der Waals surface area contributed by atoms with Crippen LogP contribution in [0.2, 0.25) is 0 Å². The maximum atomic E-state index is 12.8. The molecule has 2 aliphatic heterocycles. The van der Waals surface area contributed by atoms with Gasteiger partial charge in [0.15, 0.2) is 0 Å². The molecule has 0 aliphatic carbocycles. The zero-order valence-corrected chi connectivity index (χ0v) is 14.4. The Morgan fingerprint density at radius 3 is 2.23 bits per heavy atom. The molecule has 2 fully saturated rings. The molecule has 5 nitrogen and oxygen atoms in total. The molecule has 1 aromatic carbocycles. The number of hydrogen-bond donors (Lipinski definition) is 1. The molecule has 8 heteroatoms. The first-order valence-corrected chi connectivity index (χ1v) is 8.82. The second-order valence-corrected chi connectivity index (χ2v) is 6.72. The maximum Gasteiger partial charge on any atom is 0.416 e. The molecule has 0 bridgehead atoms. The first-order valence-electron chi connectivity index (χ1n) is 8.82. The van der Waals surface area contributed by atoms with E-state index in [2.05, 4.69) is 5.32 Å². The van der Waals surface area contributed by atoms with Gasteiger partial charge in [0.05, 0.1) is 5.56 Å². The normalized spacial score (nSPS) is 19.5. The number of nitrogens with zero attached hydrogens (tertiary/aromatic N) is 2. The van der Waals surface area contributed by atoms with Crippen molar-refractivity contribution in [2.45, 2.75) is 19.0 Å². The molecule has 2 saturated heterocycles. The monoisotopic (exact) mass is 369 g/mol. The van der Waals surface area contributed by atoms with E-state index in [1.165, 1.54) is 17.0 Å². The van der Waals surface area contributed by atoms with Gasteiger partial charge in [0.25, 0.3) is 5.91 Å². The zero-order valence-electron chi connectivity index (χ0n) is 14.4. The van der Waals surface area contributed by atoms with E-state index >= 15 is 0 Å². The minimum atomic E-state index is -4.48. The highest BCUT2D eigenvalue weighted by molar-refractivity contribution is 5.94. The number of benzene rings is 1. The Hall–Kier alpha value is -2.09. The summed E-state index contributed by atoms with van der Waals surface area (Å²) in [6.45, 7) is 3.20. The van der Waals surface area contributed by atoms with Gasteiger partial charge in [-0.25, -0.2) is 0 Å². The molecule has 0 radical (unpaired) electrons. The van der Waals surface area contributed by atoms with Gasteiger partial charge in [0.2, 0.25) is 5.91 Å². The van der Waals surface area contributed by atoms with Crippen LogP contribution in [0, 0.1) is 5.92 Å². The standard InChI is InChI=1S/C18H22F3N3O2/c19-18(20,21)15-3-1-2-14(12-15)17(26)24-10-8-23(9-11-24)16(25)13-4-6-22-7-5-13/h1-3,12-13,22H,4-11H2. The van der Waals surface area contributed by atoms with E-state index in [0.29, 0.717) is 26.2 Å². The molecule has 1 aromatic rings. The summed E-state index contributed by atoms with van der Waals surface area (Å²) in [5.74, 6) is -0.273. The predicted octanol–water partition coefficient (Wildman–Crippen LogP) is 1.99. The topological polar surface area (TPSA) is 52.7 Å². The van der Waals surface area contributed by atoms with Crippen LogP contribution in [-0.4, -0.2) is 60.9 Å². The summed E-state index contributed by atoms with van der Waals surface area (Å²) in [7, 11) is 0. The van der Waals surface area contributed by atoms with E-state index in [1.54, 1.807) is 4.90 Å². The molecule has 0 aromatic heterocycles. The molecule has 0 unspecified atom stereocenters. The molecule has 142 valence electrons. The van der Waals surface area contributed by atoms with E-state index in [-0.39, 0.29) is 17.4 Å². The highest BCUT2D eigenvalue weighted by atomic mass is 19.4. The van der Waals surface area contributed by atoms with Crippen molar-refractivity contribution in [1.82, 2.24) is 15.1 Å². The van der Waals surface area contributed by atoms with Crippen molar-refractivity contribution in [1.29, 1.82) is 0 Å². The van der Waals surface area contributed by atoms with E-state index < -0.39 is 17.6 Å². The van der Waals surface area contributed by atoms with Crippen LogP contribution < -0.4 is 5.32 Å². The number of rotatable bonds is 2. The minimum Gasteiger partial charge on any atom is -0.339 e. The van der Waals surface area contributed by atoms with Gasteiger partial charge in [-0.15, -0.1) is 0 Å². The summed E-state index contributed by atoms with van der Waals surface area (Å²) >= 11 is 0. The number of hydrogen-bond acceptors (Lipinski definition) is 3. The molecule has 3 rings (SSSR count). The lowest BCUT2D eigenvalue weighted by Gasteiger charge is -2.37. The van der Waals surface area contributed by atoms with Gasteiger partial charge >= 0.3 is 6.18 Å². The first-order chi connectivity index (χ1) is 12.4. The van der Waals surface area contributed by atoms with Gasteiger partial charge in [-0.3, -0.25) is 9.59 Å². The SMILES string of the molecule is O=C(c1cccc(C(F)(F)F)c1)N1CCN(C(=O)C2CCNCC2)CC1. The molecule has 2 aliphatic rings. The van der Waals surface area contributed by atoms with Crippen LogP contribution in [0.3, 0.4) is 0 Å². The molecule has 0 spiro atoms. The number of nitrogens with one attached hydrogen (secondary N) is 1. The summed E-state index contributed by atoms with van der Waals surface area (Å²) < 4.78 is 38.5. The fourth-order valence-electron chi connectivity index (χ4n) is 3.47. The second-order valence-electron chi connectivity index (χ2n) is 6.72. The lowest BCUT2D eigenvalue weighted by molar-refractivity contribution is -0.138. The van der Waals surface area contributed by atoms with Crippen molar-refractivity contribution in [3.8, 4) is 0 Å². The first kappa shape index (κ1) is 18.7. The van der Waals surface area contributed by atoms with Crippen molar-refractivity contribution < 1.29 is 22.8 Å². The van der Waals surface area contributed by atoms with Crippen LogP contribution in [0.4, 0.5) is 13.2 Å². The number of carbonyl (C=O) groups excluding carboxylic acids is 2. The van der Waals surface area contributed by atoms with E-state index in [1.807, 2.05) is 0 Å². The number of halogens is 3. The van der Waals surface area contributed by atoms with Crippen molar-refractivity contribution in [3.63, 3.8) is 0 Å². The lowest BCUT2D eigenvalue weighted by atomic mass is 9.96. The van der Waals surface area contributed by atoms with Gasteiger partial charge in [0, 0.05) is 37.7 Å². The Bertz CT molecular complexity index is 664.